The first-order valence-electron chi connectivity index (χ1n) is 12.1. The highest BCUT2D eigenvalue weighted by atomic mass is 16.5. The summed E-state index contributed by atoms with van der Waals surface area (Å²) < 4.78 is 5.68. The summed E-state index contributed by atoms with van der Waals surface area (Å²) >= 11 is 0. The highest BCUT2D eigenvalue weighted by molar-refractivity contribution is 5.77. The quantitative estimate of drug-likeness (QED) is 0.394. The predicted molar refractivity (Wildman–Crippen MR) is 141 cm³/mol. The van der Waals surface area contributed by atoms with Crippen LogP contribution in [0.5, 0.6) is 5.75 Å². The maximum atomic E-state index is 11.9. The monoisotopic (exact) mass is 493 g/mol. The molecule has 1 amide bonds. The van der Waals surface area contributed by atoms with E-state index in [1.165, 1.54) is 5.56 Å². The van der Waals surface area contributed by atoms with Gasteiger partial charge in [0.1, 0.15) is 11.4 Å². The van der Waals surface area contributed by atoms with Gasteiger partial charge in [-0.2, -0.15) is 0 Å². The van der Waals surface area contributed by atoms with Crippen LogP contribution in [0.2, 0.25) is 0 Å². The number of carbonyl (C=O) groups excluding carboxylic acids is 1. The number of anilines is 1. The van der Waals surface area contributed by atoms with Crippen LogP contribution >= 0.6 is 0 Å². The molecule has 0 bridgehead atoms. The lowest BCUT2D eigenvalue weighted by Gasteiger charge is -2.15. The molecule has 0 radical (unpaired) electrons. The van der Waals surface area contributed by atoms with E-state index in [4.69, 9.17) is 9.72 Å². The largest absolute Gasteiger partial charge is 0.484 e. The molecule has 37 heavy (non-hydrogen) atoms. The number of carbonyl (C=O) groups is 1. The average Bonchev–Trinajstić information content (AvgIpc) is 3.35. The second-order valence-electron chi connectivity index (χ2n) is 8.96. The summed E-state index contributed by atoms with van der Waals surface area (Å²) in [6.07, 6.45) is 10.9. The Morgan fingerprint density at radius 2 is 1.78 bits per heavy atom. The number of pyridine rings is 1. The Balaban J connectivity index is 1.27. The molecule has 0 unspecified atom stereocenters. The summed E-state index contributed by atoms with van der Waals surface area (Å²) in [4.78, 5) is 36.3. The van der Waals surface area contributed by atoms with E-state index in [9.17, 15) is 4.79 Å². The minimum atomic E-state index is -0.138. The topological polar surface area (TPSA) is 106 Å². The van der Waals surface area contributed by atoms with Gasteiger partial charge in [-0.05, 0) is 73.0 Å². The molecule has 4 aromatic rings. The molecule has 0 spiro atoms. The van der Waals surface area contributed by atoms with Gasteiger partial charge in [-0.15, -0.1) is 0 Å². The maximum absolute atomic E-state index is 11.9. The van der Waals surface area contributed by atoms with Crippen molar-refractivity contribution < 1.29 is 9.53 Å². The lowest BCUT2D eigenvalue weighted by Crippen LogP contribution is -2.34. The van der Waals surface area contributed by atoms with Gasteiger partial charge in [-0.3, -0.25) is 9.78 Å². The van der Waals surface area contributed by atoms with Gasteiger partial charge in [0.2, 0.25) is 5.95 Å². The molecule has 0 aliphatic carbocycles. The maximum Gasteiger partial charge on any atom is 0.258 e. The van der Waals surface area contributed by atoms with Crippen LogP contribution in [-0.2, 0) is 17.9 Å². The van der Waals surface area contributed by atoms with Crippen molar-refractivity contribution in [1.82, 2.24) is 30.2 Å². The molecule has 0 fully saturated rings. The smallest absolute Gasteiger partial charge is 0.258 e. The first-order valence-corrected chi connectivity index (χ1v) is 12.1. The molecule has 3 aromatic heterocycles. The van der Waals surface area contributed by atoms with Crippen molar-refractivity contribution in [2.75, 3.05) is 11.5 Å². The third-order valence-corrected chi connectivity index (χ3v) is 5.70. The van der Waals surface area contributed by atoms with Crippen LogP contribution in [0.25, 0.3) is 23.7 Å². The highest BCUT2D eigenvalue weighted by Gasteiger charge is 2.22. The minimum absolute atomic E-state index is 0.0113. The molecule has 9 heteroatoms. The molecule has 0 saturated carbocycles. The van der Waals surface area contributed by atoms with Crippen molar-refractivity contribution in [2.24, 2.45) is 0 Å². The second kappa shape index (κ2) is 10.9. The SMILES string of the molecule is CC(C)NC(=O)COc1ccc2c(c1)CN(c1nccc(-c3nccc(/C=C/c4ccncc4)n3)n1)C2. The van der Waals surface area contributed by atoms with Crippen molar-refractivity contribution in [3.63, 3.8) is 0 Å². The Hall–Kier alpha value is -4.66. The molecule has 0 atom stereocenters. The Morgan fingerprint density at radius 1 is 0.973 bits per heavy atom. The molecule has 1 aliphatic heterocycles. The van der Waals surface area contributed by atoms with Crippen LogP contribution in [0.4, 0.5) is 5.95 Å². The van der Waals surface area contributed by atoms with Gasteiger partial charge in [0.25, 0.3) is 5.91 Å². The fourth-order valence-corrected chi connectivity index (χ4v) is 3.98. The standard InChI is InChI=1S/C28H27N7O2/c1-19(2)32-26(36)18-37-24-6-4-21-16-35(17-22(21)15-24)28-31-14-10-25(34-28)27-30-13-9-23(33-27)5-3-20-7-11-29-12-8-20/h3-15,19H,16-18H2,1-2H3,(H,32,36)/b5-3+. The van der Waals surface area contributed by atoms with Gasteiger partial charge in [-0.1, -0.05) is 12.1 Å². The summed E-state index contributed by atoms with van der Waals surface area (Å²) in [6, 6.07) is 13.5. The fraction of sp³-hybridized carbons (Fsp3) is 0.214. The predicted octanol–water partition coefficient (Wildman–Crippen LogP) is 3.92. The lowest BCUT2D eigenvalue weighted by atomic mass is 10.1. The van der Waals surface area contributed by atoms with Crippen molar-refractivity contribution >= 4 is 24.0 Å². The molecule has 4 heterocycles. The van der Waals surface area contributed by atoms with Gasteiger partial charge < -0.3 is 15.0 Å². The summed E-state index contributed by atoms with van der Waals surface area (Å²) in [5, 5.41) is 2.83. The van der Waals surface area contributed by atoms with Crippen LogP contribution in [0.1, 0.15) is 36.2 Å². The Labute approximate surface area is 215 Å². The van der Waals surface area contributed by atoms with Gasteiger partial charge >= 0.3 is 0 Å². The lowest BCUT2D eigenvalue weighted by molar-refractivity contribution is -0.123. The van der Waals surface area contributed by atoms with Crippen LogP contribution in [0, 0.1) is 0 Å². The van der Waals surface area contributed by atoms with E-state index in [0.717, 1.165) is 16.8 Å². The third-order valence-electron chi connectivity index (χ3n) is 5.70. The number of benzene rings is 1. The van der Waals surface area contributed by atoms with E-state index in [0.29, 0.717) is 36.3 Å². The molecule has 186 valence electrons. The number of fused-ring (bicyclic) bond motifs is 1. The normalized spacial score (nSPS) is 12.7. The summed E-state index contributed by atoms with van der Waals surface area (Å²) in [5.74, 6) is 1.67. The van der Waals surface area contributed by atoms with Crippen molar-refractivity contribution in [1.29, 1.82) is 0 Å². The van der Waals surface area contributed by atoms with Gasteiger partial charge in [0.05, 0.1) is 5.69 Å². The summed E-state index contributed by atoms with van der Waals surface area (Å²) in [5.41, 5.74) is 4.77. The van der Waals surface area contributed by atoms with Crippen molar-refractivity contribution in [2.45, 2.75) is 33.0 Å². The van der Waals surface area contributed by atoms with Crippen LogP contribution < -0.4 is 15.0 Å². The molecule has 0 saturated heterocycles. The van der Waals surface area contributed by atoms with Gasteiger partial charge in [0, 0.05) is 43.9 Å². The highest BCUT2D eigenvalue weighted by Crippen LogP contribution is 2.29. The van der Waals surface area contributed by atoms with Crippen molar-refractivity contribution in [3.8, 4) is 17.3 Å². The molecular formula is C28H27N7O2. The van der Waals surface area contributed by atoms with E-state index in [2.05, 4.69) is 30.2 Å². The first-order chi connectivity index (χ1) is 18.0. The Morgan fingerprint density at radius 3 is 2.62 bits per heavy atom. The number of amides is 1. The number of nitrogens with zero attached hydrogens (tertiary/aromatic N) is 6. The minimum Gasteiger partial charge on any atom is -0.484 e. The Bertz CT molecular complexity index is 1420. The second-order valence-corrected chi connectivity index (χ2v) is 8.96. The number of rotatable bonds is 8. The molecule has 1 aliphatic rings. The van der Waals surface area contributed by atoms with E-state index >= 15 is 0 Å². The summed E-state index contributed by atoms with van der Waals surface area (Å²) in [7, 11) is 0. The Kier molecular flexibility index (Phi) is 7.12. The van der Waals surface area contributed by atoms with Crippen LogP contribution in [-0.4, -0.2) is 43.5 Å². The van der Waals surface area contributed by atoms with Crippen LogP contribution in [0.3, 0.4) is 0 Å². The van der Waals surface area contributed by atoms with Gasteiger partial charge in [0.15, 0.2) is 12.4 Å². The van der Waals surface area contributed by atoms with E-state index < -0.39 is 0 Å². The van der Waals surface area contributed by atoms with Crippen molar-refractivity contribution in [3.05, 3.63) is 89.6 Å². The van der Waals surface area contributed by atoms with Gasteiger partial charge in [-0.25, -0.2) is 19.9 Å². The number of hydrogen-bond acceptors (Lipinski definition) is 8. The molecule has 1 N–H and O–H groups in total. The summed E-state index contributed by atoms with van der Waals surface area (Å²) in [6.45, 7) is 5.15. The number of ether oxygens (including phenoxy) is 1. The van der Waals surface area contributed by atoms with E-state index in [-0.39, 0.29) is 18.6 Å². The third kappa shape index (κ3) is 6.13. The molecule has 9 nitrogen and oxygen atoms in total. The first kappa shape index (κ1) is 24.1. The molecule has 1 aromatic carbocycles. The zero-order valence-electron chi connectivity index (χ0n) is 20.7. The number of nitrogens with one attached hydrogen (secondary N) is 1. The zero-order valence-corrected chi connectivity index (χ0v) is 20.7. The molecule has 5 rings (SSSR count). The fourth-order valence-electron chi connectivity index (χ4n) is 3.98. The molecular weight excluding hydrogens is 466 g/mol. The average molecular weight is 494 g/mol. The zero-order chi connectivity index (χ0) is 25.6. The number of hydrogen-bond donors (Lipinski definition) is 1. The van der Waals surface area contributed by atoms with E-state index in [1.54, 1.807) is 24.8 Å². The van der Waals surface area contributed by atoms with E-state index in [1.807, 2.05) is 68.5 Å². The van der Waals surface area contributed by atoms with Crippen LogP contribution in [0.15, 0.2) is 67.3 Å². The number of aromatic nitrogens is 5.